The summed E-state index contributed by atoms with van der Waals surface area (Å²) in [5.41, 5.74) is 5.97. The van der Waals surface area contributed by atoms with Crippen LogP contribution in [-0.4, -0.2) is 104 Å². The number of hydrogen-bond acceptors (Lipinski definition) is 13. The largest absolute Gasteiger partial charge is 0.490 e. The monoisotopic (exact) mass is 601 g/mol. The maximum absolute atomic E-state index is 11.1. The van der Waals surface area contributed by atoms with E-state index in [1.54, 1.807) is 4.57 Å². The SMILES string of the molecule is CCn1c(-c2nonc2N)nc2c(C#CC(C)(C)O)ncc(OCCCN(CCS(=O)(=O)O)CCS(=O)(=O)O)c21. The van der Waals surface area contributed by atoms with Crippen molar-refractivity contribution in [2.24, 2.45) is 0 Å². The Balaban J connectivity index is 1.89. The Labute approximate surface area is 231 Å². The Hall–Kier alpha value is -3.34. The number of nitrogens with zero attached hydrogens (tertiary/aromatic N) is 6. The van der Waals surface area contributed by atoms with Gasteiger partial charge in [-0.25, -0.2) is 14.6 Å². The maximum atomic E-state index is 11.1. The van der Waals surface area contributed by atoms with E-state index in [4.69, 9.17) is 24.2 Å². The van der Waals surface area contributed by atoms with Crippen molar-refractivity contribution < 1.29 is 40.4 Å². The van der Waals surface area contributed by atoms with Crippen LogP contribution in [0.15, 0.2) is 10.8 Å². The summed E-state index contributed by atoms with van der Waals surface area (Å²) in [5.74, 6) is 5.04. The second-order valence-electron chi connectivity index (χ2n) is 9.27. The Bertz CT molecular complexity index is 1580. The van der Waals surface area contributed by atoms with Crippen molar-refractivity contribution in [2.45, 2.75) is 39.3 Å². The number of hydrogen-bond donors (Lipinski definition) is 4. The molecule has 0 saturated heterocycles. The summed E-state index contributed by atoms with van der Waals surface area (Å²) in [6.07, 6.45) is 1.78. The second kappa shape index (κ2) is 12.4. The molecule has 3 heterocycles. The van der Waals surface area contributed by atoms with E-state index < -0.39 is 37.3 Å². The summed E-state index contributed by atoms with van der Waals surface area (Å²) in [6.45, 7) is 5.36. The van der Waals surface area contributed by atoms with Gasteiger partial charge in [0.05, 0.1) is 24.3 Å². The molecule has 0 atom stereocenters. The summed E-state index contributed by atoms with van der Waals surface area (Å²) >= 11 is 0. The molecule has 3 aromatic rings. The molecular weight excluding hydrogens is 570 g/mol. The molecule has 0 aliphatic carbocycles. The molecule has 0 saturated carbocycles. The van der Waals surface area contributed by atoms with Gasteiger partial charge in [-0.05, 0) is 43.4 Å². The van der Waals surface area contributed by atoms with E-state index in [0.717, 1.165) is 0 Å². The van der Waals surface area contributed by atoms with Crippen molar-refractivity contribution in [1.82, 2.24) is 29.7 Å². The van der Waals surface area contributed by atoms with Crippen LogP contribution >= 0.6 is 0 Å². The van der Waals surface area contributed by atoms with Crippen molar-refractivity contribution in [3.63, 3.8) is 0 Å². The number of nitrogens with two attached hydrogens (primary N) is 1. The third-order valence-electron chi connectivity index (χ3n) is 5.47. The molecule has 220 valence electrons. The topological polar surface area (TPSA) is 237 Å². The lowest BCUT2D eigenvalue weighted by atomic mass is 10.1. The molecule has 3 rings (SSSR count). The maximum Gasteiger partial charge on any atom is 0.266 e. The number of nitrogen functional groups attached to an aromatic ring is 1. The number of aromatic nitrogens is 5. The van der Waals surface area contributed by atoms with Crippen LogP contribution in [-0.2, 0) is 26.8 Å². The number of fused-ring (bicyclic) bond motifs is 1. The molecule has 0 bridgehead atoms. The number of pyridine rings is 1. The fourth-order valence-corrected chi connectivity index (χ4v) is 4.63. The van der Waals surface area contributed by atoms with E-state index in [2.05, 4.69) is 32.1 Å². The van der Waals surface area contributed by atoms with Crippen molar-refractivity contribution in [1.29, 1.82) is 0 Å². The number of rotatable bonds is 13. The minimum absolute atomic E-state index is 0.0273. The van der Waals surface area contributed by atoms with E-state index in [1.165, 1.54) is 24.9 Å². The number of aliphatic hydroxyl groups is 1. The van der Waals surface area contributed by atoms with Crippen molar-refractivity contribution in [3.8, 4) is 29.1 Å². The molecule has 16 nitrogen and oxygen atoms in total. The van der Waals surface area contributed by atoms with Crippen LogP contribution in [0.5, 0.6) is 5.75 Å². The molecule has 0 aliphatic heterocycles. The predicted octanol–water partition coefficient (Wildman–Crippen LogP) is 0.0523. The first-order valence-electron chi connectivity index (χ1n) is 12.1. The van der Waals surface area contributed by atoms with Gasteiger partial charge < -0.3 is 25.0 Å². The average Bonchev–Trinajstić information content (AvgIpc) is 3.43. The number of ether oxygens (including phenoxy) is 1. The summed E-state index contributed by atoms with van der Waals surface area (Å²) in [5, 5.41) is 17.5. The van der Waals surface area contributed by atoms with Gasteiger partial charge in [-0.15, -0.1) is 0 Å². The predicted molar refractivity (Wildman–Crippen MR) is 143 cm³/mol. The van der Waals surface area contributed by atoms with Crippen LogP contribution < -0.4 is 10.5 Å². The lowest BCUT2D eigenvalue weighted by Crippen LogP contribution is -2.34. The van der Waals surface area contributed by atoms with Gasteiger partial charge in [0.15, 0.2) is 23.1 Å². The quantitative estimate of drug-likeness (QED) is 0.115. The second-order valence-corrected chi connectivity index (χ2v) is 12.4. The molecule has 5 N–H and O–H groups in total. The number of aryl methyl sites for hydroxylation is 1. The molecule has 0 fully saturated rings. The van der Waals surface area contributed by atoms with E-state index in [9.17, 15) is 21.9 Å². The van der Waals surface area contributed by atoms with Crippen LogP contribution in [0.1, 0.15) is 32.9 Å². The molecule has 3 aromatic heterocycles. The highest BCUT2D eigenvalue weighted by Crippen LogP contribution is 2.33. The lowest BCUT2D eigenvalue weighted by molar-refractivity contribution is 0.143. The molecule has 0 aliphatic rings. The molecule has 0 spiro atoms. The minimum atomic E-state index is -4.27. The third-order valence-corrected chi connectivity index (χ3v) is 6.87. The van der Waals surface area contributed by atoms with Crippen LogP contribution in [0, 0.1) is 11.8 Å². The Kier molecular flexibility index (Phi) is 9.71. The number of imidazole rings is 1. The zero-order valence-corrected chi connectivity index (χ0v) is 23.7. The first-order chi connectivity index (χ1) is 18.6. The van der Waals surface area contributed by atoms with E-state index in [0.29, 0.717) is 35.6 Å². The Morgan fingerprint density at radius 2 is 1.77 bits per heavy atom. The van der Waals surface area contributed by atoms with Crippen molar-refractivity contribution >= 4 is 37.1 Å². The summed E-state index contributed by atoms with van der Waals surface area (Å²) in [4.78, 5) is 10.5. The van der Waals surface area contributed by atoms with Crippen LogP contribution in [0.25, 0.3) is 22.6 Å². The molecule has 40 heavy (non-hydrogen) atoms. The third kappa shape index (κ3) is 8.84. The highest BCUT2D eigenvalue weighted by molar-refractivity contribution is 7.86. The van der Waals surface area contributed by atoms with E-state index in [-0.39, 0.29) is 43.4 Å². The highest BCUT2D eigenvalue weighted by atomic mass is 32.2. The molecule has 0 radical (unpaired) electrons. The van der Waals surface area contributed by atoms with Gasteiger partial charge in [-0.2, -0.15) is 16.8 Å². The lowest BCUT2D eigenvalue weighted by Gasteiger charge is -2.21. The Morgan fingerprint density at radius 1 is 1.12 bits per heavy atom. The average molecular weight is 602 g/mol. The molecule has 18 heteroatoms. The number of anilines is 1. The smallest absolute Gasteiger partial charge is 0.266 e. The van der Waals surface area contributed by atoms with Crippen LogP contribution in [0.3, 0.4) is 0 Å². The van der Waals surface area contributed by atoms with Gasteiger partial charge in [-0.3, -0.25) is 9.11 Å². The van der Waals surface area contributed by atoms with Crippen LogP contribution in [0.2, 0.25) is 0 Å². The van der Waals surface area contributed by atoms with Gasteiger partial charge in [-0.1, -0.05) is 5.92 Å². The van der Waals surface area contributed by atoms with Crippen LogP contribution in [0.4, 0.5) is 5.82 Å². The molecular formula is C22H31N7O9S2. The van der Waals surface area contributed by atoms with Crippen molar-refractivity contribution in [3.05, 3.63) is 11.9 Å². The molecule has 0 unspecified atom stereocenters. The zero-order valence-electron chi connectivity index (χ0n) is 22.1. The minimum Gasteiger partial charge on any atom is -0.490 e. The summed E-state index contributed by atoms with van der Waals surface area (Å²) < 4.78 is 75.2. The van der Waals surface area contributed by atoms with Gasteiger partial charge in [0.1, 0.15) is 22.3 Å². The van der Waals surface area contributed by atoms with Gasteiger partial charge >= 0.3 is 0 Å². The highest BCUT2D eigenvalue weighted by Gasteiger charge is 2.23. The van der Waals surface area contributed by atoms with E-state index in [1.807, 2.05) is 6.92 Å². The standard InChI is InChI=1S/C22H31N7O9S2/c1-4-29-19-16(37-11-5-8-28(9-12-39(31,32)33)10-13-40(34,35)36)14-24-15(6-7-22(2,3)30)17(19)25-21(29)18-20(23)27-38-26-18/h14,30H,4-5,8-13H2,1-3H3,(H2,23,27)(H,31,32,33)(H,34,35,36). The van der Waals surface area contributed by atoms with Gasteiger partial charge in [0, 0.05) is 26.2 Å². The summed E-state index contributed by atoms with van der Waals surface area (Å²) in [7, 11) is -8.54. The van der Waals surface area contributed by atoms with Gasteiger partial charge in [0.25, 0.3) is 20.2 Å². The fraction of sp³-hybridized carbons (Fsp3) is 0.545. The summed E-state index contributed by atoms with van der Waals surface area (Å²) in [6, 6.07) is 0. The fourth-order valence-electron chi connectivity index (χ4n) is 3.66. The normalized spacial score (nSPS) is 12.6. The first kappa shape index (κ1) is 31.2. The van der Waals surface area contributed by atoms with Crippen molar-refractivity contribution in [2.75, 3.05) is 43.5 Å². The Morgan fingerprint density at radius 3 is 2.30 bits per heavy atom. The van der Waals surface area contributed by atoms with E-state index >= 15 is 0 Å². The zero-order chi connectivity index (χ0) is 29.7. The molecule has 0 amide bonds. The first-order valence-corrected chi connectivity index (χ1v) is 15.3. The molecule has 0 aromatic carbocycles. The van der Waals surface area contributed by atoms with Gasteiger partial charge in [0.2, 0.25) is 0 Å².